The minimum atomic E-state index is -0.300. The average Bonchev–Trinajstić information content (AvgIpc) is 2.36. The van der Waals surface area contributed by atoms with Crippen molar-refractivity contribution < 1.29 is 14.3 Å². The highest BCUT2D eigenvalue weighted by Gasteiger charge is 1.99. The first kappa shape index (κ1) is 14.3. The van der Waals surface area contributed by atoms with Crippen molar-refractivity contribution in [2.45, 2.75) is 20.3 Å². The lowest BCUT2D eigenvalue weighted by atomic mass is 10.1. The van der Waals surface area contributed by atoms with Crippen LogP contribution in [0, 0.1) is 5.92 Å². The SMILES string of the molecule is COc1ccc(/C=C/C(=O)OCCC(C)C)cc1. The van der Waals surface area contributed by atoms with Gasteiger partial charge in [-0.2, -0.15) is 0 Å². The van der Waals surface area contributed by atoms with Crippen molar-refractivity contribution in [2.75, 3.05) is 13.7 Å². The molecule has 0 saturated carbocycles. The molecule has 1 aromatic carbocycles. The van der Waals surface area contributed by atoms with Crippen LogP contribution in [0.4, 0.5) is 0 Å². The Bertz CT molecular complexity index is 391. The Morgan fingerprint density at radius 3 is 2.50 bits per heavy atom. The molecule has 1 rings (SSSR count). The van der Waals surface area contributed by atoms with Crippen molar-refractivity contribution in [3.8, 4) is 5.75 Å². The molecular formula is C15H20O3. The van der Waals surface area contributed by atoms with E-state index < -0.39 is 0 Å². The van der Waals surface area contributed by atoms with Crippen LogP contribution in [0.3, 0.4) is 0 Å². The zero-order chi connectivity index (χ0) is 13.4. The molecule has 3 heteroatoms. The predicted molar refractivity (Wildman–Crippen MR) is 72.4 cm³/mol. The van der Waals surface area contributed by atoms with E-state index in [0.717, 1.165) is 17.7 Å². The van der Waals surface area contributed by atoms with E-state index in [1.807, 2.05) is 24.3 Å². The molecule has 98 valence electrons. The number of carbonyl (C=O) groups excluding carboxylic acids is 1. The van der Waals surface area contributed by atoms with Crippen molar-refractivity contribution in [3.05, 3.63) is 35.9 Å². The van der Waals surface area contributed by atoms with Gasteiger partial charge in [-0.05, 0) is 36.1 Å². The highest BCUT2D eigenvalue weighted by Crippen LogP contribution is 2.12. The normalized spacial score (nSPS) is 10.9. The number of benzene rings is 1. The molecule has 0 bridgehead atoms. The molecule has 0 aliphatic carbocycles. The van der Waals surface area contributed by atoms with Gasteiger partial charge in [-0.25, -0.2) is 4.79 Å². The number of ether oxygens (including phenoxy) is 2. The summed E-state index contributed by atoms with van der Waals surface area (Å²) in [6, 6.07) is 7.47. The third-order valence-corrected chi connectivity index (χ3v) is 2.47. The van der Waals surface area contributed by atoms with Crippen LogP contribution in [0.2, 0.25) is 0 Å². The summed E-state index contributed by atoms with van der Waals surface area (Å²) in [4.78, 5) is 11.4. The van der Waals surface area contributed by atoms with Crippen LogP contribution >= 0.6 is 0 Å². The number of hydrogen-bond donors (Lipinski definition) is 0. The second-order valence-corrected chi connectivity index (χ2v) is 4.46. The predicted octanol–water partition coefficient (Wildman–Crippen LogP) is 3.30. The first-order valence-corrected chi connectivity index (χ1v) is 6.10. The van der Waals surface area contributed by atoms with E-state index in [2.05, 4.69) is 13.8 Å². The van der Waals surface area contributed by atoms with Crippen LogP contribution in [0.25, 0.3) is 6.08 Å². The number of rotatable bonds is 6. The number of methoxy groups -OCH3 is 1. The van der Waals surface area contributed by atoms with Gasteiger partial charge in [-0.15, -0.1) is 0 Å². The second-order valence-electron chi connectivity index (χ2n) is 4.46. The minimum absolute atomic E-state index is 0.300. The largest absolute Gasteiger partial charge is 0.497 e. The Kier molecular flexibility index (Phi) is 5.98. The molecule has 18 heavy (non-hydrogen) atoms. The van der Waals surface area contributed by atoms with Crippen molar-refractivity contribution in [1.29, 1.82) is 0 Å². The molecule has 0 heterocycles. The topological polar surface area (TPSA) is 35.5 Å². The van der Waals surface area contributed by atoms with Crippen LogP contribution in [-0.2, 0) is 9.53 Å². The molecule has 0 saturated heterocycles. The van der Waals surface area contributed by atoms with Gasteiger partial charge in [0.2, 0.25) is 0 Å². The maximum absolute atomic E-state index is 11.4. The van der Waals surface area contributed by atoms with E-state index in [1.165, 1.54) is 6.08 Å². The quantitative estimate of drug-likeness (QED) is 0.572. The summed E-state index contributed by atoms with van der Waals surface area (Å²) in [5.74, 6) is 1.04. The molecular weight excluding hydrogens is 228 g/mol. The summed E-state index contributed by atoms with van der Waals surface area (Å²) in [5.41, 5.74) is 0.941. The average molecular weight is 248 g/mol. The first-order chi connectivity index (χ1) is 8.61. The fraction of sp³-hybridized carbons (Fsp3) is 0.400. The van der Waals surface area contributed by atoms with Gasteiger partial charge in [0.05, 0.1) is 13.7 Å². The van der Waals surface area contributed by atoms with Crippen LogP contribution in [-0.4, -0.2) is 19.7 Å². The summed E-state index contributed by atoms with van der Waals surface area (Å²) in [6.45, 7) is 4.67. The van der Waals surface area contributed by atoms with Gasteiger partial charge in [0.1, 0.15) is 5.75 Å². The Morgan fingerprint density at radius 1 is 1.28 bits per heavy atom. The summed E-state index contributed by atoms with van der Waals surface area (Å²) in [6.07, 6.45) is 4.07. The van der Waals surface area contributed by atoms with E-state index >= 15 is 0 Å². The highest BCUT2D eigenvalue weighted by molar-refractivity contribution is 5.87. The van der Waals surface area contributed by atoms with Crippen molar-refractivity contribution in [1.82, 2.24) is 0 Å². The standard InChI is InChI=1S/C15H20O3/c1-12(2)10-11-18-15(16)9-6-13-4-7-14(17-3)8-5-13/h4-9,12H,10-11H2,1-3H3/b9-6+. The van der Waals surface area contributed by atoms with Gasteiger partial charge in [0.25, 0.3) is 0 Å². The molecule has 0 N–H and O–H groups in total. The molecule has 0 aliphatic heterocycles. The maximum Gasteiger partial charge on any atom is 0.330 e. The lowest BCUT2D eigenvalue weighted by Crippen LogP contribution is -2.04. The van der Waals surface area contributed by atoms with Crippen LogP contribution < -0.4 is 4.74 Å². The van der Waals surface area contributed by atoms with Crippen molar-refractivity contribution in [3.63, 3.8) is 0 Å². The lowest BCUT2D eigenvalue weighted by Gasteiger charge is -2.04. The van der Waals surface area contributed by atoms with E-state index in [1.54, 1.807) is 13.2 Å². The Hall–Kier alpha value is -1.77. The van der Waals surface area contributed by atoms with E-state index in [-0.39, 0.29) is 5.97 Å². The van der Waals surface area contributed by atoms with E-state index in [9.17, 15) is 4.79 Å². The molecule has 0 unspecified atom stereocenters. The monoisotopic (exact) mass is 248 g/mol. The van der Waals surface area contributed by atoms with Crippen LogP contribution in [0.1, 0.15) is 25.8 Å². The van der Waals surface area contributed by atoms with Gasteiger partial charge in [-0.3, -0.25) is 0 Å². The summed E-state index contributed by atoms with van der Waals surface area (Å²) < 4.78 is 10.1. The molecule has 0 aromatic heterocycles. The zero-order valence-corrected chi connectivity index (χ0v) is 11.2. The number of esters is 1. The van der Waals surface area contributed by atoms with Crippen LogP contribution in [0.15, 0.2) is 30.3 Å². The fourth-order valence-electron chi connectivity index (χ4n) is 1.32. The molecule has 0 radical (unpaired) electrons. The van der Waals surface area contributed by atoms with Gasteiger partial charge in [0, 0.05) is 6.08 Å². The Balaban J connectivity index is 2.40. The summed E-state index contributed by atoms with van der Waals surface area (Å²) >= 11 is 0. The van der Waals surface area contributed by atoms with Gasteiger partial charge in [0.15, 0.2) is 0 Å². The molecule has 0 amide bonds. The first-order valence-electron chi connectivity index (χ1n) is 6.10. The minimum Gasteiger partial charge on any atom is -0.497 e. The molecule has 3 nitrogen and oxygen atoms in total. The number of hydrogen-bond acceptors (Lipinski definition) is 3. The van der Waals surface area contributed by atoms with Crippen molar-refractivity contribution >= 4 is 12.0 Å². The van der Waals surface area contributed by atoms with E-state index in [4.69, 9.17) is 9.47 Å². The highest BCUT2D eigenvalue weighted by atomic mass is 16.5. The second kappa shape index (κ2) is 7.54. The number of carbonyl (C=O) groups is 1. The van der Waals surface area contributed by atoms with Gasteiger partial charge >= 0.3 is 5.97 Å². The van der Waals surface area contributed by atoms with Crippen molar-refractivity contribution in [2.24, 2.45) is 5.92 Å². The molecule has 0 spiro atoms. The molecule has 0 aliphatic rings. The van der Waals surface area contributed by atoms with E-state index in [0.29, 0.717) is 12.5 Å². The third-order valence-electron chi connectivity index (χ3n) is 2.47. The fourth-order valence-corrected chi connectivity index (χ4v) is 1.32. The molecule has 1 aromatic rings. The molecule has 0 atom stereocenters. The maximum atomic E-state index is 11.4. The zero-order valence-electron chi connectivity index (χ0n) is 11.2. The van der Waals surface area contributed by atoms with Gasteiger partial charge < -0.3 is 9.47 Å². The molecule has 0 fully saturated rings. The van der Waals surface area contributed by atoms with Crippen LogP contribution in [0.5, 0.6) is 5.75 Å². The Morgan fingerprint density at radius 2 is 1.94 bits per heavy atom. The summed E-state index contributed by atoms with van der Waals surface area (Å²) in [5, 5.41) is 0. The Labute approximate surface area is 108 Å². The summed E-state index contributed by atoms with van der Waals surface area (Å²) in [7, 11) is 1.62. The smallest absolute Gasteiger partial charge is 0.330 e. The lowest BCUT2D eigenvalue weighted by molar-refractivity contribution is -0.137. The van der Waals surface area contributed by atoms with Gasteiger partial charge in [-0.1, -0.05) is 26.0 Å². The third kappa shape index (κ3) is 5.53.